The first kappa shape index (κ1) is 29.6. The van der Waals surface area contributed by atoms with Crippen LogP contribution >= 0.6 is 11.8 Å². The number of nitrogens with zero attached hydrogens (tertiary/aromatic N) is 1. The third-order valence-corrected chi connectivity index (χ3v) is 9.83. The highest BCUT2D eigenvalue weighted by Gasteiger charge is 2.56. The van der Waals surface area contributed by atoms with Crippen LogP contribution in [0.15, 0.2) is 59.5 Å². The van der Waals surface area contributed by atoms with Gasteiger partial charge in [-0.05, 0) is 61.9 Å². The van der Waals surface area contributed by atoms with Crippen molar-refractivity contribution in [3.05, 3.63) is 65.7 Å². The number of thioether (sulfide) groups is 1. The Morgan fingerprint density at radius 2 is 1.80 bits per heavy atom. The first-order valence-corrected chi connectivity index (χ1v) is 15.7. The van der Waals surface area contributed by atoms with Gasteiger partial charge in [0.05, 0.1) is 18.2 Å². The Kier molecular flexibility index (Phi) is 9.06. The van der Waals surface area contributed by atoms with Gasteiger partial charge in [-0.15, -0.1) is 11.8 Å². The number of rotatable bonds is 8. The fourth-order valence-corrected chi connectivity index (χ4v) is 7.35. The smallest absolute Gasteiger partial charge is 0.247 e. The van der Waals surface area contributed by atoms with Gasteiger partial charge in [-0.2, -0.15) is 0 Å². The van der Waals surface area contributed by atoms with Gasteiger partial charge in [0.25, 0.3) is 0 Å². The van der Waals surface area contributed by atoms with Crippen LogP contribution in [0.3, 0.4) is 0 Å². The molecule has 3 unspecified atom stereocenters. The average Bonchev–Trinajstić information content (AvgIpc) is 3.17. The number of carbonyl (C=O) groups is 3. The summed E-state index contributed by atoms with van der Waals surface area (Å²) < 4.78 is 6.63. The maximum Gasteiger partial charge on any atom is 0.247 e. The second-order valence-electron chi connectivity index (χ2n) is 12.1. The zero-order valence-electron chi connectivity index (χ0n) is 24.4. The average molecular weight is 579 g/mol. The molecule has 6 atom stereocenters. The maximum absolute atomic E-state index is 14.2. The van der Waals surface area contributed by atoms with Crippen LogP contribution in [0.2, 0.25) is 0 Å². The number of benzene rings is 2. The summed E-state index contributed by atoms with van der Waals surface area (Å²) in [6.45, 7) is 5.82. The summed E-state index contributed by atoms with van der Waals surface area (Å²) in [5, 5.41) is 9.21. The van der Waals surface area contributed by atoms with E-state index in [2.05, 4.69) is 40.2 Å². The van der Waals surface area contributed by atoms with E-state index in [0.29, 0.717) is 18.6 Å². The maximum atomic E-state index is 14.2. The molecule has 41 heavy (non-hydrogen) atoms. The van der Waals surface area contributed by atoms with Crippen LogP contribution < -0.4 is 16.0 Å². The van der Waals surface area contributed by atoms with Crippen molar-refractivity contribution in [3.8, 4) is 0 Å². The number of fused-ring (bicyclic) bond motifs is 2. The lowest BCUT2D eigenvalue weighted by molar-refractivity contribution is -0.151. The van der Waals surface area contributed by atoms with Gasteiger partial charge in [-0.3, -0.25) is 14.4 Å². The minimum atomic E-state index is -0.788. The van der Waals surface area contributed by atoms with Crippen molar-refractivity contribution in [2.45, 2.75) is 94.3 Å². The van der Waals surface area contributed by atoms with Crippen LogP contribution in [0.1, 0.15) is 63.6 Å². The van der Waals surface area contributed by atoms with Crippen molar-refractivity contribution in [1.29, 1.82) is 0 Å². The van der Waals surface area contributed by atoms with Gasteiger partial charge in [0.1, 0.15) is 18.3 Å². The second kappa shape index (κ2) is 12.5. The molecular weight excluding hydrogens is 536 g/mol. The summed E-state index contributed by atoms with van der Waals surface area (Å²) in [6, 6.07) is 16.3. The van der Waals surface area contributed by atoms with Gasteiger partial charge in [0.15, 0.2) is 0 Å². The van der Waals surface area contributed by atoms with Crippen molar-refractivity contribution in [2.75, 3.05) is 12.8 Å². The van der Waals surface area contributed by atoms with E-state index in [1.807, 2.05) is 44.2 Å². The molecule has 2 heterocycles. The zero-order valence-corrected chi connectivity index (χ0v) is 25.2. The molecule has 0 spiro atoms. The monoisotopic (exact) mass is 578 g/mol. The van der Waals surface area contributed by atoms with Crippen LogP contribution in [0.25, 0.3) is 0 Å². The summed E-state index contributed by atoms with van der Waals surface area (Å²) in [7, 11) is 1.71. The van der Waals surface area contributed by atoms with E-state index in [1.165, 1.54) is 5.56 Å². The van der Waals surface area contributed by atoms with Crippen LogP contribution in [-0.2, 0) is 25.5 Å². The fourth-order valence-electron chi connectivity index (χ4n) is 6.40. The fraction of sp³-hybridized carbons (Fsp3) is 0.531. The van der Waals surface area contributed by atoms with Crippen LogP contribution in [0.4, 0.5) is 0 Å². The van der Waals surface area contributed by atoms with E-state index in [9.17, 15) is 14.4 Å². The number of hydrogen-bond donors (Lipinski definition) is 3. The Hall–Kier alpha value is -2.88. The molecule has 3 N–H and O–H groups in total. The first-order valence-electron chi connectivity index (χ1n) is 14.7. The standard InChI is InChI=1S/C32H42N4O4S/c1-20(33-4)29(37)35-26-17-22(19-41-23-13-6-5-7-14-23)40-27-18-32(2,3)28(36(27)31(26)39)30(38)34-25-16-10-12-21-11-8-9-15-24(21)25/h5-9,11,13-15,20,22,25-28,33H,10,12,16-19H2,1-4H3,(H,34,38)(H,35,37)/t20-,22?,25?,26-,27-,28?/m0/s1. The van der Waals surface area contributed by atoms with E-state index in [4.69, 9.17) is 4.74 Å². The quantitative estimate of drug-likeness (QED) is 0.412. The summed E-state index contributed by atoms with van der Waals surface area (Å²) in [4.78, 5) is 44.0. The molecule has 0 saturated carbocycles. The minimum absolute atomic E-state index is 0.0905. The molecule has 220 valence electrons. The Morgan fingerprint density at radius 1 is 1.07 bits per heavy atom. The molecule has 0 aromatic heterocycles. The Morgan fingerprint density at radius 3 is 2.56 bits per heavy atom. The predicted molar refractivity (Wildman–Crippen MR) is 160 cm³/mol. The topological polar surface area (TPSA) is 99.8 Å². The number of nitrogens with one attached hydrogen (secondary N) is 3. The molecule has 2 aromatic carbocycles. The molecular formula is C32H42N4O4S. The summed E-state index contributed by atoms with van der Waals surface area (Å²) in [5.41, 5.74) is 1.91. The van der Waals surface area contributed by atoms with Gasteiger partial charge in [-0.1, -0.05) is 56.3 Å². The molecule has 1 aliphatic carbocycles. The van der Waals surface area contributed by atoms with Crippen LogP contribution in [-0.4, -0.2) is 65.9 Å². The lowest BCUT2D eigenvalue weighted by Crippen LogP contribution is -2.58. The van der Waals surface area contributed by atoms with E-state index in [1.54, 1.807) is 30.6 Å². The summed E-state index contributed by atoms with van der Waals surface area (Å²) in [6.07, 6.45) is 2.93. The number of amides is 3. The minimum Gasteiger partial charge on any atom is -0.354 e. The molecule has 2 saturated heterocycles. The van der Waals surface area contributed by atoms with Gasteiger partial charge in [0.2, 0.25) is 17.7 Å². The molecule has 5 rings (SSSR count). The largest absolute Gasteiger partial charge is 0.354 e. The van der Waals surface area contributed by atoms with E-state index < -0.39 is 29.8 Å². The first-order chi connectivity index (χ1) is 19.7. The third-order valence-electron chi connectivity index (χ3n) is 8.69. The molecule has 8 nitrogen and oxygen atoms in total. The van der Waals surface area contributed by atoms with Crippen molar-refractivity contribution in [2.24, 2.45) is 5.41 Å². The summed E-state index contributed by atoms with van der Waals surface area (Å²) in [5.74, 6) is -0.0428. The molecule has 3 aliphatic rings. The highest BCUT2D eigenvalue weighted by Crippen LogP contribution is 2.44. The van der Waals surface area contributed by atoms with Gasteiger partial charge >= 0.3 is 0 Å². The highest BCUT2D eigenvalue weighted by atomic mass is 32.2. The molecule has 2 aliphatic heterocycles. The van der Waals surface area contributed by atoms with Crippen molar-refractivity contribution in [3.63, 3.8) is 0 Å². The van der Waals surface area contributed by atoms with Gasteiger partial charge in [0, 0.05) is 23.5 Å². The van der Waals surface area contributed by atoms with E-state index in [0.717, 1.165) is 29.7 Å². The lowest BCUT2D eigenvalue weighted by Gasteiger charge is -2.35. The number of likely N-dealkylation sites (N-methyl/N-ethyl adjacent to an activating group) is 1. The van der Waals surface area contributed by atoms with Gasteiger partial charge in [-0.25, -0.2) is 0 Å². The molecule has 9 heteroatoms. The van der Waals surface area contributed by atoms with Crippen molar-refractivity contribution >= 4 is 29.5 Å². The van der Waals surface area contributed by atoms with Crippen LogP contribution in [0, 0.1) is 5.41 Å². The molecule has 0 bridgehead atoms. The highest BCUT2D eigenvalue weighted by molar-refractivity contribution is 7.99. The Labute approximate surface area is 247 Å². The van der Waals surface area contributed by atoms with E-state index in [-0.39, 0.29) is 29.9 Å². The SMILES string of the molecule is CN[C@@H](C)C(=O)N[C@H]1CC(CSc2ccccc2)O[C@H]2CC(C)(C)C(C(=O)NC3CCCc4ccccc43)N2C1=O. The van der Waals surface area contributed by atoms with Gasteiger partial charge < -0.3 is 25.6 Å². The predicted octanol–water partition coefficient (Wildman–Crippen LogP) is 3.81. The second-order valence-corrected chi connectivity index (χ2v) is 13.2. The normalized spacial score (nSPS) is 27.8. The Balaban J connectivity index is 1.40. The Bertz CT molecular complexity index is 1260. The number of aryl methyl sites for hydroxylation is 1. The third kappa shape index (κ3) is 6.47. The lowest BCUT2D eigenvalue weighted by atomic mass is 9.82. The number of ether oxygens (including phenoxy) is 1. The zero-order chi connectivity index (χ0) is 29.1. The van der Waals surface area contributed by atoms with E-state index >= 15 is 0 Å². The summed E-state index contributed by atoms with van der Waals surface area (Å²) >= 11 is 1.67. The molecule has 2 aromatic rings. The number of carbonyl (C=O) groups excluding carboxylic acids is 3. The van der Waals surface area contributed by atoms with Crippen LogP contribution in [0.5, 0.6) is 0 Å². The molecule has 0 radical (unpaired) electrons. The van der Waals surface area contributed by atoms with Crippen molar-refractivity contribution in [1.82, 2.24) is 20.9 Å². The number of hydrogen-bond acceptors (Lipinski definition) is 6. The molecule has 3 amide bonds. The molecule has 2 fully saturated rings. The van der Waals surface area contributed by atoms with Crippen molar-refractivity contribution < 1.29 is 19.1 Å².